The van der Waals surface area contributed by atoms with Crippen molar-refractivity contribution in [3.8, 4) is 0 Å². The fraction of sp³-hybridized carbons (Fsp3) is 0.650. The SMILES string of the molecule is CC(C)(C(=O)c1ccc(C2CCCCC2)cc1)N1CCCC1. The third-order valence-electron chi connectivity index (χ3n) is 5.70. The third-order valence-corrected chi connectivity index (χ3v) is 5.70. The van der Waals surface area contributed by atoms with Crippen LogP contribution in [0.1, 0.15) is 80.6 Å². The predicted octanol–water partition coefficient (Wildman–Crippen LogP) is 4.79. The van der Waals surface area contributed by atoms with Gasteiger partial charge in [-0.05, 0) is 64.1 Å². The molecular formula is C20H29NO. The van der Waals surface area contributed by atoms with Gasteiger partial charge in [-0.15, -0.1) is 0 Å². The van der Waals surface area contributed by atoms with Gasteiger partial charge >= 0.3 is 0 Å². The van der Waals surface area contributed by atoms with Crippen LogP contribution in [-0.2, 0) is 0 Å². The summed E-state index contributed by atoms with van der Waals surface area (Å²) in [5.74, 6) is 0.981. The number of ketones is 1. The van der Waals surface area contributed by atoms with Crippen molar-refractivity contribution in [3.63, 3.8) is 0 Å². The van der Waals surface area contributed by atoms with Gasteiger partial charge in [-0.2, -0.15) is 0 Å². The Bertz CT molecular complexity index is 505. The fourth-order valence-electron chi connectivity index (χ4n) is 4.12. The highest BCUT2D eigenvalue weighted by Crippen LogP contribution is 2.33. The Kier molecular flexibility index (Phi) is 4.67. The predicted molar refractivity (Wildman–Crippen MR) is 91.5 cm³/mol. The average molecular weight is 299 g/mol. The van der Waals surface area contributed by atoms with Crippen LogP contribution in [0.3, 0.4) is 0 Å². The minimum absolute atomic E-state index is 0.268. The molecule has 0 bridgehead atoms. The monoisotopic (exact) mass is 299 g/mol. The van der Waals surface area contributed by atoms with Crippen LogP contribution in [-0.4, -0.2) is 29.3 Å². The Morgan fingerprint density at radius 1 is 0.955 bits per heavy atom. The molecule has 1 aromatic carbocycles. The zero-order chi connectivity index (χ0) is 15.6. The van der Waals surface area contributed by atoms with Crippen LogP contribution in [0.5, 0.6) is 0 Å². The lowest BCUT2D eigenvalue weighted by molar-refractivity contribution is 0.0702. The van der Waals surface area contributed by atoms with Gasteiger partial charge < -0.3 is 0 Å². The number of hydrogen-bond donors (Lipinski definition) is 0. The Balaban J connectivity index is 1.72. The first-order valence-electron chi connectivity index (χ1n) is 8.99. The van der Waals surface area contributed by atoms with E-state index in [2.05, 4.69) is 43.0 Å². The highest BCUT2D eigenvalue weighted by atomic mass is 16.1. The first-order valence-corrected chi connectivity index (χ1v) is 8.99. The lowest BCUT2D eigenvalue weighted by atomic mass is 9.83. The van der Waals surface area contributed by atoms with E-state index in [1.807, 2.05) is 0 Å². The van der Waals surface area contributed by atoms with E-state index >= 15 is 0 Å². The van der Waals surface area contributed by atoms with Crippen LogP contribution >= 0.6 is 0 Å². The van der Waals surface area contributed by atoms with Crippen molar-refractivity contribution in [2.24, 2.45) is 0 Å². The summed E-state index contributed by atoms with van der Waals surface area (Å²) in [6.45, 7) is 6.27. The molecule has 0 unspecified atom stereocenters. The Morgan fingerprint density at radius 2 is 1.55 bits per heavy atom. The van der Waals surface area contributed by atoms with Crippen LogP contribution in [0, 0.1) is 0 Å². The topological polar surface area (TPSA) is 20.3 Å². The summed E-state index contributed by atoms with van der Waals surface area (Å²) in [6, 6.07) is 8.51. The summed E-state index contributed by atoms with van der Waals surface area (Å²) in [6.07, 6.45) is 9.16. The molecule has 1 saturated carbocycles. The van der Waals surface area contributed by atoms with Gasteiger partial charge in [0.2, 0.25) is 0 Å². The molecule has 22 heavy (non-hydrogen) atoms. The second kappa shape index (κ2) is 6.54. The first-order chi connectivity index (χ1) is 10.6. The van der Waals surface area contributed by atoms with Gasteiger partial charge in [-0.3, -0.25) is 9.69 Å². The molecule has 1 aliphatic carbocycles. The normalized spacial score (nSPS) is 21.2. The molecule has 0 radical (unpaired) electrons. The minimum atomic E-state index is -0.372. The quantitative estimate of drug-likeness (QED) is 0.745. The maximum absolute atomic E-state index is 12.9. The number of nitrogens with zero attached hydrogens (tertiary/aromatic N) is 1. The van der Waals surface area contributed by atoms with Crippen molar-refractivity contribution in [1.82, 2.24) is 4.90 Å². The van der Waals surface area contributed by atoms with Crippen molar-refractivity contribution in [1.29, 1.82) is 0 Å². The summed E-state index contributed by atoms with van der Waals surface area (Å²) in [4.78, 5) is 15.2. The summed E-state index contributed by atoms with van der Waals surface area (Å²) in [5.41, 5.74) is 1.93. The highest BCUT2D eigenvalue weighted by molar-refractivity contribution is 6.02. The van der Waals surface area contributed by atoms with Gasteiger partial charge in [0.1, 0.15) is 0 Å². The summed E-state index contributed by atoms with van der Waals surface area (Å²) >= 11 is 0. The fourth-order valence-corrected chi connectivity index (χ4v) is 4.12. The first kappa shape index (κ1) is 15.7. The molecule has 1 aliphatic heterocycles. The molecule has 1 aromatic rings. The van der Waals surface area contributed by atoms with E-state index < -0.39 is 0 Å². The molecule has 0 atom stereocenters. The standard InChI is InChI=1S/C20H29NO/c1-20(2,21-14-6-7-15-21)19(22)18-12-10-17(11-13-18)16-8-4-3-5-9-16/h10-13,16H,3-9,14-15H2,1-2H3. The maximum Gasteiger partial charge on any atom is 0.182 e. The largest absolute Gasteiger partial charge is 0.292 e. The van der Waals surface area contributed by atoms with Crippen molar-refractivity contribution in [3.05, 3.63) is 35.4 Å². The van der Waals surface area contributed by atoms with Crippen LogP contribution < -0.4 is 0 Å². The van der Waals surface area contributed by atoms with E-state index in [1.165, 1.54) is 50.5 Å². The summed E-state index contributed by atoms with van der Waals surface area (Å²) in [5, 5.41) is 0. The number of likely N-dealkylation sites (tertiary alicyclic amines) is 1. The zero-order valence-electron chi connectivity index (χ0n) is 14.1. The number of benzene rings is 1. The molecule has 3 rings (SSSR count). The van der Waals surface area contributed by atoms with Gasteiger partial charge in [0, 0.05) is 5.56 Å². The molecule has 2 nitrogen and oxygen atoms in total. The number of carbonyl (C=O) groups excluding carboxylic acids is 1. The van der Waals surface area contributed by atoms with Crippen molar-refractivity contribution in [2.75, 3.05) is 13.1 Å². The maximum atomic E-state index is 12.9. The van der Waals surface area contributed by atoms with E-state index in [4.69, 9.17) is 0 Å². The molecular weight excluding hydrogens is 270 g/mol. The van der Waals surface area contributed by atoms with Crippen molar-refractivity contribution < 1.29 is 4.79 Å². The van der Waals surface area contributed by atoms with Crippen LogP contribution in [0.25, 0.3) is 0 Å². The van der Waals surface area contributed by atoms with Crippen LogP contribution in [0.4, 0.5) is 0 Å². The van der Waals surface area contributed by atoms with Gasteiger partial charge in [0.25, 0.3) is 0 Å². The van der Waals surface area contributed by atoms with Gasteiger partial charge in [-0.1, -0.05) is 43.5 Å². The molecule has 0 N–H and O–H groups in total. The number of hydrogen-bond acceptors (Lipinski definition) is 2. The van der Waals surface area contributed by atoms with E-state index in [0.717, 1.165) is 18.7 Å². The molecule has 2 heteroatoms. The van der Waals surface area contributed by atoms with Crippen molar-refractivity contribution >= 4 is 5.78 Å². The Morgan fingerprint density at radius 3 is 2.14 bits per heavy atom. The van der Waals surface area contributed by atoms with Crippen molar-refractivity contribution in [2.45, 2.75) is 70.3 Å². The molecule has 1 saturated heterocycles. The highest BCUT2D eigenvalue weighted by Gasteiger charge is 2.36. The molecule has 1 heterocycles. The van der Waals surface area contributed by atoms with Gasteiger partial charge in [0.15, 0.2) is 5.78 Å². The second-order valence-electron chi connectivity index (χ2n) is 7.54. The smallest absolute Gasteiger partial charge is 0.182 e. The summed E-state index contributed by atoms with van der Waals surface area (Å²) < 4.78 is 0. The number of carbonyl (C=O) groups is 1. The number of rotatable bonds is 4. The van der Waals surface area contributed by atoms with Crippen LogP contribution in [0.2, 0.25) is 0 Å². The Hall–Kier alpha value is -1.15. The minimum Gasteiger partial charge on any atom is -0.292 e. The molecule has 0 amide bonds. The average Bonchev–Trinajstić information content (AvgIpc) is 3.10. The third kappa shape index (κ3) is 3.12. The lowest BCUT2D eigenvalue weighted by Crippen LogP contribution is -2.48. The van der Waals surface area contributed by atoms with E-state index in [9.17, 15) is 4.79 Å². The lowest BCUT2D eigenvalue weighted by Gasteiger charge is -2.34. The zero-order valence-corrected chi connectivity index (χ0v) is 14.1. The summed E-state index contributed by atoms with van der Waals surface area (Å²) in [7, 11) is 0. The number of Topliss-reactive ketones (excluding diaryl/α,β-unsaturated/α-hetero) is 1. The van der Waals surface area contributed by atoms with E-state index in [-0.39, 0.29) is 11.3 Å². The van der Waals surface area contributed by atoms with E-state index in [0.29, 0.717) is 5.92 Å². The Labute approximate surface area is 134 Å². The molecule has 0 aromatic heterocycles. The molecule has 0 spiro atoms. The van der Waals surface area contributed by atoms with Crippen LogP contribution in [0.15, 0.2) is 24.3 Å². The van der Waals surface area contributed by atoms with E-state index in [1.54, 1.807) is 0 Å². The second-order valence-corrected chi connectivity index (χ2v) is 7.54. The molecule has 2 aliphatic rings. The van der Waals surface area contributed by atoms with Gasteiger partial charge in [0.05, 0.1) is 5.54 Å². The molecule has 120 valence electrons. The molecule has 2 fully saturated rings. The van der Waals surface area contributed by atoms with Gasteiger partial charge in [-0.25, -0.2) is 0 Å².